The Kier molecular flexibility index (Phi) is 26.0. The first-order chi connectivity index (χ1) is 6.93. The van der Waals surface area contributed by atoms with Crippen LogP contribution in [-0.2, 0) is 4.79 Å². The second-order valence-electron chi connectivity index (χ2n) is 1.23. The molecular formula is C2H7N3O11. The van der Waals surface area contributed by atoms with E-state index in [1.54, 1.807) is 0 Å². The molecule has 96 valence electrons. The van der Waals surface area contributed by atoms with Crippen LogP contribution in [0.3, 0.4) is 0 Å². The molecule has 0 atom stereocenters. The van der Waals surface area contributed by atoms with E-state index in [2.05, 4.69) is 0 Å². The molecule has 0 aromatic heterocycles. The van der Waals surface area contributed by atoms with E-state index >= 15 is 0 Å². The number of carbonyl (C=O) groups is 1. The van der Waals surface area contributed by atoms with E-state index in [0.717, 1.165) is 6.92 Å². The topological polar surface area (TPSA) is 227 Å². The first-order valence-corrected chi connectivity index (χ1v) is 2.62. The van der Waals surface area contributed by atoms with Crippen LogP contribution in [0, 0.1) is 30.3 Å². The molecule has 0 amide bonds. The summed E-state index contributed by atoms with van der Waals surface area (Å²) >= 11 is 0. The monoisotopic (exact) mass is 249 g/mol. The van der Waals surface area contributed by atoms with Gasteiger partial charge in [0.15, 0.2) is 0 Å². The van der Waals surface area contributed by atoms with Gasteiger partial charge in [0.1, 0.15) is 0 Å². The van der Waals surface area contributed by atoms with Crippen LogP contribution in [-0.4, -0.2) is 42.0 Å². The fourth-order valence-corrected chi connectivity index (χ4v) is 0. The summed E-state index contributed by atoms with van der Waals surface area (Å²) in [4.78, 5) is 34.1. The molecule has 14 nitrogen and oxygen atoms in total. The van der Waals surface area contributed by atoms with E-state index in [9.17, 15) is 0 Å². The van der Waals surface area contributed by atoms with Crippen LogP contribution < -0.4 is 0 Å². The third-order valence-electron chi connectivity index (χ3n) is 0. The van der Waals surface area contributed by atoms with Gasteiger partial charge in [-0.2, -0.15) is 0 Å². The van der Waals surface area contributed by atoms with Crippen molar-refractivity contribution in [2.75, 3.05) is 0 Å². The van der Waals surface area contributed by atoms with Gasteiger partial charge in [-0.05, 0) is 0 Å². The molecule has 0 saturated heterocycles. The first-order valence-electron chi connectivity index (χ1n) is 2.62. The number of aliphatic carboxylic acids is 1. The van der Waals surface area contributed by atoms with Crippen molar-refractivity contribution < 1.29 is 40.8 Å². The SMILES string of the molecule is CC(=O)O.O=[N+]([O-])O.O=[N+]([O-])O.O=[N+]([O-])O. The molecule has 0 unspecified atom stereocenters. The fraction of sp³-hybridized carbons (Fsp3) is 0.500. The lowest BCUT2D eigenvalue weighted by molar-refractivity contribution is -0.742. The van der Waals surface area contributed by atoms with Gasteiger partial charge in [-0.1, -0.05) is 0 Å². The Labute approximate surface area is 85.3 Å². The van der Waals surface area contributed by atoms with Gasteiger partial charge >= 0.3 is 0 Å². The van der Waals surface area contributed by atoms with Crippen molar-refractivity contribution in [2.24, 2.45) is 0 Å². The highest BCUT2D eigenvalue weighted by Crippen LogP contribution is 1.42. The average Bonchev–Trinajstić information content (AvgIpc) is 1.76. The van der Waals surface area contributed by atoms with Crippen LogP contribution in [0.4, 0.5) is 0 Å². The molecule has 0 aromatic carbocycles. The lowest BCUT2D eigenvalue weighted by Crippen LogP contribution is -1.81. The molecule has 0 rings (SSSR count). The summed E-state index contributed by atoms with van der Waals surface area (Å²) in [6.07, 6.45) is 0. The van der Waals surface area contributed by atoms with Gasteiger partial charge in [-0.15, -0.1) is 30.3 Å². The fourth-order valence-electron chi connectivity index (χ4n) is 0. The molecule has 0 aliphatic carbocycles. The summed E-state index contributed by atoms with van der Waals surface area (Å²) < 4.78 is 0. The normalized spacial score (nSPS) is 6.06. The van der Waals surface area contributed by atoms with Gasteiger partial charge in [0.05, 0.1) is 0 Å². The van der Waals surface area contributed by atoms with Crippen molar-refractivity contribution in [3.63, 3.8) is 0 Å². The largest absolute Gasteiger partial charge is 0.481 e. The average molecular weight is 249 g/mol. The van der Waals surface area contributed by atoms with Gasteiger partial charge in [0, 0.05) is 6.92 Å². The number of hydrogen-bond donors (Lipinski definition) is 4. The second-order valence-corrected chi connectivity index (χ2v) is 1.23. The number of carboxylic acids is 1. The first kappa shape index (κ1) is 23.1. The van der Waals surface area contributed by atoms with E-state index in [-0.39, 0.29) is 0 Å². The van der Waals surface area contributed by atoms with Crippen LogP contribution in [0.25, 0.3) is 0 Å². The maximum Gasteiger partial charge on any atom is 0.300 e. The van der Waals surface area contributed by atoms with Gasteiger partial charge in [-0.3, -0.25) is 4.79 Å². The second kappa shape index (κ2) is 18.0. The Morgan fingerprint density at radius 1 is 0.875 bits per heavy atom. The highest BCUT2D eigenvalue weighted by Gasteiger charge is 1.66. The van der Waals surface area contributed by atoms with Crippen molar-refractivity contribution in [1.82, 2.24) is 0 Å². The molecule has 0 aromatic rings. The minimum absolute atomic E-state index is 0.833. The molecule has 0 spiro atoms. The minimum Gasteiger partial charge on any atom is -0.481 e. The smallest absolute Gasteiger partial charge is 0.300 e. The van der Waals surface area contributed by atoms with Crippen molar-refractivity contribution in [3.05, 3.63) is 30.3 Å². The molecule has 16 heavy (non-hydrogen) atoms. The quantitative estimate of drug-likeness (QED) is 0.301. The maximum absolute atomic E-state index is 9.00. The van der Waals surface area contributed by atoms with Gasteiger partial charge in [0.25, 0.3) is 21.2 Å². The van der Waals surface area contributed by atoms with E-state index in [1.165, 1.54) is 0 Å². The minimum atomic E-state index is -1.50. The summed E-state index contributed by atoms with van der Waals surface area (Å²) in [6, 6.07) is 0. The number of carboxylic acid groups (broad SMARTS) is 1. The molecule has 0 aliphatic heterocycles. The van der Waals surface area contributed by atoms with Crippen LogP contribution in [0.2, 0.25) is 0 Å². The lowest BCUT2D eigenvalue weighted by atomic mass is 10.9. The third-order valence-corrected chi connectivity index (χ3v) is 0. The summed E-state index contributed by atoms with van der Waals surface area (Å²) in [5, 5.41) is 48.3. The highest BCUT2D eigenvalue weighted by molar-refractivity contribution is 5.62. The third kappa shape index (κ3) is 131. The number of rotatable bonds is 0. The lowest BCUT2D eigenvalue weighted by Gasteiger charge is -1.59. The molecule has 14 heteroatoms. The zero-order valence-electron chi connectivity index (χ0n) is 7.49. The predicted octanol–water partition coefficient (Wildman–Crippen LogP) is -0.952. The van der Waals surface area contributed by atoms with Gasteiger partial charge in [0.2, 0.25) is 0 Å². The molecule has 0 radical (unpaired) electrons. The van der Waals surface area contributed by atoms with Crippen molar-refractivity contribution in [1.29, 1.82) is 0 Å². The molecule has 0 fully saturated rings. The Balaban J connectivity index is -0.0000000600. The van der Waals surface area contributed by atoms with Crippen LogP contribution in [0.15, 0.2) is 0 Å². The number of nitrogens with zero attached hydrogens (tertiary/aromatic N) is 3. The van der Waals surface area contributed by atoms with Gasteiger partial charge < -0.3 is 20.7 Å². The van der Waals surface area contributed by atoms with E-state index in [4.69, 9.17) is 55.9 Å². The zero-order chi connectivity index (χ0) is 14.3. The van der Waals surface area contributed by atoms with E-state index in [0.29, 0.717) is 0 Å². The standard InChI is InChI=1S/C2H4O2.3HNO3/c1-2(3)4;3*2-1(3)4/h1H3,(H,3,4);3*(H,2,3,4). The highest BCUT2D eigenvalue weighted by atomic mass is 16.9. The Bertz CT molecular complexity index is 159. The molecule has 0 heterocycles. The van der Waals surface area contributed by atoms with E-state index < -0.39 is 21.2 Å². The summed E-state index contributed by atoms with van der Waals surface area (Å²) in [5.41, 5.74) is 0. The summed E-state index contributed by atoms with van der Waals surface area (Å²) in [7, 11) is 0. The van der Waals surface area contributed by atoms with Crippen molar-refractivity contribution in [3.8, 4) is 0 Å². The molecular weight excluding hydrogens is 242 g/mol. The molecule has 4 N–H and O–H groups in total. The predicted molar refractivity (Wildman–Crippen MR) is 39.7 cm³/mol. The zero-order valence-corrected chi connectivity index (χ0v) is 7.49. The summed E-state index contributed by atoms with van der Waals surface area (Å²) in [5.74, 6) is -0.833. The van der Waals surface area contributed by atoms with Crippen molar-refractivity contribution in [2.45, 2.75) is 6.92 Å². The Morgan fingerprint density at radius 3 is 0.875 bits per heavy atom. The van der Waals surface area contributed by atoms with Crippen LogP contribution in [0.5, 0.6) is 0 Å². The summed E-state index contributed by atoms with van der Waals surface area (Å²) in [6.45, 7) is 1.08. The number of hydrogen-bond acceptors (Lipinski definition) is 7. The van der Waals surface area contributed by atoms with Crippen molar-refractivity contribution >= 4 is 5.97 Å². The Hall–Kier alpha value is -2.93. The Morgan fingerprint density at radius 2 is 0.875 bits per heavy atom. The maximum atomic E-state index is 9.00. The molecule has 0 aliphatic rings. The van der Waals surface area contributed by atoms with Crippen LogP contribution in [0.1, 0.15) is 6.92 Å². The van der Waals surface area contributed by atoms with Crippen LogP contribution >= 0.6 is 0 Å². The van der Waals surface area contributed by atoms with Gasteiger partial charge in [-0.25, -0.2) is 0 Å². The molecule has 0 saturated carbocycles. The van der Waals surface area contributed by atoms with E-state index in [1.807, 2.05) is 0 Å². The molecule has 0 bridgehead atoms.